The summed E-state index contributed by atoms with van der Waals surface area (Å²) in [6.45, 7) is 5.27. The summed E-state index contributed by atoms with van der Waals surface area (Å²) in [4.78, 5) is 4.28. The average molecular weight is 344 g/mol. The lowest BCUT2D eigenvalue weighted by Gasteiger charge is -2.10. The van der Waals surface area contributed by atoms with Crippen molar-refractivity contribution in [1.29, 1.82) is 0 Å². The highest BCUT2D eigenvalue weighted by Crippen LogP contribution is 2.24. The standard InChI is InChI=1S/C17H16N2O4S/c1-11-4-5-12(2)16(10-11)24(20,21)23-15-8-6-14(7-9-15)17-18-13(3)22-19-17/h4-10H,1-3H3. The maximum Gasteiger partial charge on any atom is 0.339 e. The van der Waals surface area contributed by atoms with E-state index in [-0.39, 0.29) is 10.6 Å². The van der Waals surface area contributed by atoms with Crippen LogP contribution in [0.5, 0.6) is 5.75 Å². The van der Waals surface area contributed by atoms with Crippen LogP contribution in [0.15, 0.2) is 51.9 Å². The molecule has 0 radical (unpaired) electrons. The summed E-state index contributed by atoms with van der Waals surface area (Å²) >= 11 is 0. The Balaban J connectivity index is 1.86. The van der Waals surface area contributed by atoms with E-state index in [9.17, 15) is 8.42 Å². The van der Waals surface area contributed by atoms with Gasteiger partial charge in [0.05, 0.1) is 0 Å². The molecule has 124 valence electrons. The second kappa shape index (κ2) is 6.09. The predicted octanol–water partition coefficient (Wildman–Crippen LogP) is 3.43. The van der Waals surface area contributed by atoms with Crippen molar-refractivity contribution in [3.63, 3.8) is 0 Å². The van der Waals surface area contributed by atoms with E-state index in [0.29, 0.717) is 22.8 Å². The Hall–Kier alpha value is -2.67. The highest BCUT2D eigenvalue weighted by atomic mass is 32.2. The molecule has 0 bridgehead atoms. The molecule has 0 atom stereocenters. The molecule has 0 saturated heterocycles. The average Bonchev–Trinajstić information content (AvgIpc) is 2.96. The van der Waals surface area contributed by atoms with Crippen LogP contribution in [-0.2, 0) is 10.1 Å². The summed E-state index contributed by atoms with van der Waals surface area (Å²) in [6, 6.07) is 11.7. The Bertz CT molecular complexity index is 976. The summed E-state index contributed by atoms with van der Waals surface area (Å²) in [6.07, 6.45) is 0. The quantitative estimate of drug-likeness (QED) is 0.674. The molecule has 0 N–H and O–H groups in total. The van der Waals surface area contributed by atoms with Crippen molar-refractivity contribution in [3.8, 4) is 17.1 Å². The number of hydrogen-bond acceptors (Lipinski definition) is 6. The van der Waals surface area contributed by atoms with E-state index in [1.165, 1.54) is 0 Å². The predicted molar refractivity (Wildman–Crippen MR) is 88.2 cm³/mol. The number of aryl methyl sites for hydroxylation is 3. The third-order valence-corrected chi connectivity index (χ3v) is 4.85. The van der Waals surface area contributed by atoms with Crippen molar-refractivity contribution >= 4 is 10.1 Å². The topological polar surface area (TPSA) is 82.3 Å². The first-order chi connectivity index (χ1) is 11.3. The normalized spacial score (nSPS) is 11.5. The zero-order chi connectivity index (χ0) is 17.3. The van der Waals surface area contributed by atoms with E-state index in [1.54, 1.807) is 50.2 Å². The van der Waals surface area contributed by atoms with Gasteiger partial charge < -0.3 is 8.71 Å². The molecular weight excluding hydrogens is 328 g/mol. The maximum absolute atomic E-state index is 12.5. The monoisotopic (exact) mass is 344 g/mol. The Morgan fingerprint density at radius 3 is 2.33 bits per heavy atom. The van der Waals surface area contributed by atoms with E-state index >= 15 is 0 Å². The van der Waals surface area contributed by atoms with Crippen LogP contribution in [0.3, 0.4) is 0 Å². The molecule has 0 fully saturated rings. The lowest BCUT2D eigenvalue weighted by Crippen LogP contribution is -2.11. The number of hydrogen-bond donors (Lipinski definition) is 0. The van der Waals surface area contributed by atoms with Crippen molar-refractivity contribution in [2.24, 2.45) is 0 Å². The molecule has 6 nitrogen and oxygen atoms in total. The molecule has 0 saturated carbocycles. The van der Waals surface area contributed by atoms with E-state index in [4.69, 9.17) is 8.71 Å². The molecule has 24 heavy (non-hydrogen) atoms. The zero-order valence-electron chi connectivity index (χ0n) is 13.5. The molecule has 3 aromatic rings. The van der Waals surface area contributed by atoms with Crippen LogP contribution in [0, 0.1) is 20.8 Å². The summed E-state index contributed by atoms with van der Waals surface area (Å²) in [5.74, 6) is 1.12. The van der Waals surface area contributed by atoms with Gasteiger partial charge in [-0.15, -0.1) is 0 Å². The smallest absolute Gasteiger partial charge is 0.339 e. The van der Waals surface area contributed by atoms with Gasteiger partial charge in [-0.1, -0.05) is 17.3 Å². The first kappa shape index (κ1) is 16.2. The minimum atomic E-state index is -3.89. The summed E-state index contributed by atoms with van der Waals surface area (Å²) in [5, 5.41) is 3.81. The van der Waals surface area contributed by atoms with Gasteiger partial charge in [0.15, 0.2) is 0 Å². The molecule has 0 unspecified atom stereocenters. The second-order valence-corrected chi connectivity index (χ2v) is 6.98. The van der Waals surface area contributed by atoms with Gasteiger partial charge in [0, 0.05) is 12.5 Å². The number of nitrogens with zero attached hydrogens (tertiary/aromatic N) is 2. The van der Waals surface area contributed by atoms with Crippen LogP contribution in [0.1, 0.15) is 17.0 Å². The Morgan fingerprint density at radius 2 is 1.71 bits per heavy atom. The largest absolute Gasteiger partial charge is 0.379 e. The highest BCUT2D eigenvalue weighted by Gasteiger charge is 2.19. The molecule has 0 aliphatic rings. The molecule has 7 heteroatoms. The third-order valence-electron chi connectivity index (χ3n) is 3.46. The van der Waals surface area contributed by atoms with Gasteiger partial charge >= 0.3 is 10.1 Å². The maximum atomic E-state index is 12.5. The van der Waals surface area contributed by atoms with Gasteiger partial charge in [0.2, 0.25) is 11.7 Å². The fourth-order valence-corrected chi connectivity index (χ4v) is 3.47. The minimum absolute atomic E-state index is 0.167. The summed E-state index contributed by atoms with van der Waals surface area (Å²) < 4.78 is 35.1. The van der Waals surface area contributed by atoms with E-state index in [1.807, 2.05) is 13.0 Å². The van der Waals surface area contributed by atoms with E-state index in [2.05, 4.69) is 10.1 Å². The lowest BCUT2D eigenvalue weighted by molar-refractivity contribution is 0.394. The van der Waals surface area contributed by atoms with Crippen LogP contribution >= 0.6 is 0 Å². The Kier molecular flexibility index (Phi) is 4.11. The fraction of sp³-hybridized carbons (Fsp3) is 0.176. The molecular formula is C17H16N2O4S. The van der Waals surface area contributed by atoms with Crippen LogP contribution in [-0.4, -0.2) is 18.6 Å². The van der Waals surface area contributed by atoms with Crippen LogP contribution in [0.4, 0.5) is 0 Å². The van der Waals surface area contributed by atoms with Gasteiger partial charge in [-0.05, 0) is 55.3 Å². The second-order valence-electron chi connectivity index (χ2n) is 5.47. The van der Waals surface area contributed by atoms with Gasteiger partial charge in [0.1, 0.15) is 10.6 Å². The van der Waals surface area contributed by atoms with Crippen molar-refractivity contribution in [3.05, 3.63) is 59.5 Å². The van der Waals surface area contributed by atoms with Crippen molar-refractivity contribution in [2.75, 3.05) is 0 Å². The minimum Gasteiger partial charge on any atom is -0.379 e. The number of rotatable bonds is 4. The third kappa shape index (κ3) is 3.30. The van der Waals surface area contributed by atoms with Gasteiger partial charge in [-0.3, -0.25) is 0 Å². The van der Waals surface area contributed by atoms with E-state index in [0.717, 1.165) is 5.56 Å². The van der Waals surface area contributed by atoms with Gasteiger partial charge in [0.25, 0.3) is 0 Å². The SMILES string of the molecule is Cc1ccc(C)c(S(=O)(=O)Oc2ccc(-c3noc(C)n3)cc2)c1. The van der Waals surface area contributed by atoms with Crippen LogP contribution < -0.4 is 4.18 Å². The Morgan fingerprint density at radius 1 is 1.00 bits per heavy atom. The lowest BCUT2D eigenvalue weighted by atomic mass is 10.2. The van der Waals surface area contributed by atoms with Crippen molar-refractivity contribution in [2.45, 2.75) is 25.7 Å². The highest BCUT2D eigenvalue weighted by molar-refractivity contribution is 7.87. The molecule has 2 aromatic carbocycles. The molecule has 0 aliphatic heterocycles. The first-order valence-electron chi connectivity index (χ1n) is 7.28. The van der Waals surface area contributed by atoms with Gasteiger partial charge in [-0.25, -0.2) is 0 Å². The number of benzene rings is 2. The molecule has 1 aromatic heterocycles. The first-order valence-corrected chi connectivity index (χ1v) is 8.68. The van der Waals surface area contributed by atoms with Crippen molar-refractivity contribution in [1.82, 2.24) is 10.1 Å². The van der Waals surface area contributed by atoms with Crippen molar-refractivity contribution < 1.29 is 17.1 Å². The zero-order valence-corrected chi connectivity index (χ0v) is 14.3. The van der Waals surface area contributed by atoms with Crippen LogP contribution in [0.25, 0.3) is 11.4 Å². The molecule has 3 rings (SSSR count). The molecule has 1 heterocycles. The Labute approximate surface area is 140 Å². The van der Waals surface area contributed by atoms with E-state index < -0.39 is 10.1 Å². The summed E-state index contributed by atoms with van der Waals surface area (Å²) in [5.41, 5.74) is 2.20. The molecule has 0 spiro atoms. The van der Waals surface area contributed by atoms with Gasteiger partial charge in [-0.2, -0.15) is 13.4 Å². The fourth-order valence-electron chi connectivity index (χ4n) is 2.22. The molecule has 0 amide bonds. The van der Waals surface area contributed by atoms with Crippen LogP contribution in [0.2, 0.25) is 0 Å². The summed E-state index contributed by atoms with van der Waals surface area (Å²) in [7, 11) is -3.89. The molecule has 0 aliphatic carbocycles. The number of aromatic nitrogens is 2.